The maximum Gasteiger partial charge on any atom is 0.323 e. The van der Waals surface area contributed by atoms with Gasteiger partial charge in [-0.25, -0.2) is 0 Å². The SMILES string of the molecule is CCCCCN(CCC(C)(N)C(=O)O)C(C)C. The van der Waals surface area contributed by atoms with Crippen LogP contribution in [0.15, 0.2) is 0 Å². The second-order valence-electron chi connectivity index (χ2n) is 5.31. The molecule has 4 heteroatoms. The molecule has 0 fully saturated rings. The summed E-state index contributed by atoms with van der Waals surface area (Å²) in [5.41, 5.74) is 4.62. The lowest BCUT2D eigenvalue weighted by molar-refractivity contribution is -0.143. The summed E-state index contributed by atoms with van der Waals surface area (Å²) in [6.45, 7) is 9.82. The zero-order valence-corrected chi connectivity index (χ0v) is 11.7. The number of aliphatic carboxylic acids is 1. The van der Waals surface area contributed by atoms with Crippen molar-refractivity contribution in [2.75, 3.05) is 13.1 Å². The van der Waals surface area contributed by atoms with Crippen LogP contribution in [0.25, 0.3) is 0 Å². The maximum absolute atomic E-state index is 10.9. The lowest BCUT2D eigenvalue weighted by Crippen LogP contribution is -2.48. The monoisotopic (exact) mass is 244 g/mol. The van der Waals surface area contributed by atoms with E-state index in [1.807, 2.05) is 0 Å². The van der Waals surface area contributed by atoms with Crippen LogP contribution in [-0.2, 0) is 4.79 Å². The number of carboxylic acids is 1. The Labute approximate surface area is 105 Å². The molecule has 0 amide bonds. The topological polar surface area (TPSA) is 66.6 Å². The molecule has 4 nitrogen and oxygen atoms in total. The smallest absolute Gasteiger partial charge is 0.323 e. The number of hydrogen-bond donors (Lipinski definition) is 2. The quantitative estimate of drug-likeness (QED) is 0.609. The molecule has 0 aromatic carbocycles. The van der Waals surface area contributed by atoms with E-state index >= 15 is 0 Å². The van der Waals surface area contributed by atoms with E-state index in [1.54, 1.807) is 6.92 Å². The van der Waals surface area contributed by atoms with E-state index in [0.29, 0.717) is 12.5 Å². The summed E-state index contributed by atoms with van der Waals surface area (Å²) in [5, 5.41) is 8.96. The van der Waals surface area contributed by atoms with Gasteiger partial charge in [0.25, 0.3) is 0 Å². The van der Waals surface area contributed by atoms with Gasteiger partial charge >= 0.3 is 5.97 Å². The van der Waals surface area contributed by atoms with E-state index in [9.17, 15) is 4.79 Å². The van der Waals surface area contributed by atoms with Crippen LogP contribution in [0, 0.1) is 0 Å². The van der Waals surface area contributed by atoms with Gasteiger partial charge in [0, 0.05) is 12.6 Å². The van der Waals surface area contributed by atoms with E-state index < -0.39 is 11.5 Å². The first-order chi connectivity index (χ1) is 7.81. The standard InChI is InChI=1S/C13H28N2O2/c1-5-6-7-9-15(11(2)3)10-8-13(4,14)12(16)17/h11H,5-10,14H2,1-4H3,(H,16,17). The van der Waals surface area contributed by atoms with Crippen LogP contribution >= 0.6 is 0 Å². The molecule has 1 unspecified atom stereocenters. The highest BCUT2D eigenvalue weighted by Crippen LogP contribution is 2.10. The number of nitrogens with two attached hydrogens (primary N) is 1. The van der Waals surface area contributed by atoms with E-state index in [2.05, 4.69) is 25.7 Å². The fraction of sp³-hybridized carbons (Fsp3) is 0.923. The van der Waals surface area contributed by atoms with E-state index in [1.165, 1.54) is 19.3 Å². The van der Waals surface area contributed by atoms with Gasteiger partial charge in [-0.2, -0.15) is 0 Å². The van der Waals surface area contributed by atoms with Crippen molar-refractivity contribution >= 4 is 5.97 Å². The average Bonchev–Trinajstić information content (AvgIpc) is 2.22. The third kappa shape index (κ3) is 6.64. The molecular formula is C13H28N2O2. The van der Waals surface area contributed by atoms with Crippen molar-refractivity contribution in [3.8, 4) is 0 Å². The summed E-state index contributed by atoms with van der Waals surface area (Å²) in [4.78, 5) is 13.2. The molecule has 0 saturated heterocycles. The molecular weight excluding hydrogens is 216 g/mol. The summed E-state index contributed by atoms with van der Waals surface area (Å²) < 4.78 is 0. The first-order valence-electron chi connectivity index (χ1n) is 6.57. The molecule has 0 heterocycles. The van der Waals surface area contributed by atoms with Gasteiger partial charge in [-0.3, -0.25) is 4.79 Å². The average molecular weight is 244 g/mol. The summed E-state index contributed by atoms with van der Waals surface area (Å²) in [5.74, 6) is -0.922. The van der Waals surface area contributed by atoms with Crippen LogP contribution in [0.4, 0.5) is 0 Å². The fourth-order valence-corrected chi connectivity index (χ4v) is 1.68. The lowest BCUT2D eigenvalue weighted by Gasteiger charge is -2.29. The molecule has 0 aromatic heterocycles. The minimum atomic E-state index is -1.11. The Morgan fingerprint density at radius 3 is 2.35 bits per heavy atom. The van der Waals surface area contributed by atoms with Gasteiger partial charge in [-0.1, -0.05) is 19.8 Å². The van der Waals surface area contributed by atoms with Crippen molar-refractivity contribution in [2.24, 2.45) is 5.73 Å². The van der Waals surface area contributed by atoms with Crippen LogP contribution in [0.1, 0.15) is 53.4 Å². The molecule has 0 saturated carbocycles. The number of nitrogens with zero attached hydrogens (tertiary/aromatic N) is 1. The molecule has 0 radical (unpaired) electrons. The Morgan fingerprint density at radius 1 is 1.35 bits per heavy atom. The van der Waals surface area contributed by atoms with Crippen LogP contribution < -0.4 is 5.73 Å². The molecule has 0 aliphatic rings. The van der Waals surface area contributed by atoms with Crippen LogP contribution in [0.2, 0.25) is 0 Å². The Bertz CT molecular complexity index is 227. The number of carboxylic acid groups (broad SMARTS) is 1. The number of rotatable bonds is 9. The minimum absolute atomic E-state index is 0.441. The van der Waals surface area contributed by atoms with Crippen molar-refractivity contribution in [1.29, 1.82) is 0 Å². The highest BCUT2D eigenvalue weighted by atomic mass is 16.4. The van der Waals surface area contributed by atoms with Gasteiger partial charge in [-0.05, 0) is 40.2 Å². The Balaban J connectivity index is 4.13. The molecule has 0 spiro atoms. The number of carbonyl (C=O) groups is 1. The summed E-state index contributed by atoms with van der Waals surface area (Å²) in [6, 6.07) is 0.441. The molecule has 0 aliphatic carbocycles. The van der Waals surface area contributed by atoms with Crippen molar-refractivity contribution in [1.82, 2.24) is 4.90 Å². The Kier molecular flexibility index (Phi) is 7.39. The second kappa shape index (κ2) is 7.67. The molecule has 17 heavy (non-hydrogen) atoms. The molecule has 3 N–H and O–H groups in total. The van der Waals surface area contributed by atoms with Gasteiger partial charge in [-0.15, -0.1) is 0 Å². The molecule has 1 atom stereocenters. The van der Waals surface area contributed by atoms with Crippen LogP contribution in [0.3, 0.4) is 0 Å². The summed E-state index contributed by atoms with van der Waals surface area (Å²) >= 11 is 0. The normalized spacial score (nSPS) is 15.2. The fourth-order valence-electron chi connectivity index (χ4n) is 1.68. The Morgan fingerprint density at radius 2 is 1.94 bits per heavy atom. The predicted molar refractivity (Wildman–Crippen MR) is 71.1 cm³/mol. The lowest BCUT2D eigenvalue weighted by atomic mass is 9.99. The molecule has 0 bridgehead atoms. The van der Waals surface area contributed by atoms with Gasteiger partial charge in [0.05, 0.1) is 0 Å². The zero-order chi connectivity index (χ0) is 13.5. The van der Waals surface area contributed by atoms with Crippen LogP contribution in [-0.4, -0.2) is 40.6 Å². The third-order valence-corrected chi connectivity index (χ3v) is 3.19. The van der Waals surface area contributed by atoms with Gasteiger partial charge < -0.3 is 15.7 Å². The molecule has 0 rings (SSSR count). The first kappa shape index (κ1) is 16.4. The van der Waals surface area contributed by atoms with Gasteiger partial charge in [0.2, 0.25) is 0 Å². The van der Waals surface area contributed by atoms with Gasteiger partial charge in [0.1, 0.15) is 5.54 Å². The number of hydrogen-bond acceptors (Lipinski definition) is 3. The molecule has 0 aromatic rings. The molecule has 0 aliphatic heterocycles. The zero-order valence-electron chi connectivity index (χ0n) is 11.7. The Hall–Kier alpha value is -0.610. The first-order valence-corrected chi connectivity index (χ1v) is 6.57. The minimum Gasteiger partial charge on any atom is -0.480 e. The maximum atomic E-state index is 10.9. The highest BCUT2D eigenvalue weighted by molar-refractivity contribution is 5.77. The van der Waals surface area contributed by atoms with E-state index in [0.717, 1.165) is 13.1 Å². The summed E-state index contributed by atoms with van der Waals surface area (Å²) in [6.07, 6.45) is 4.09. The van der Waals surface area contributed by atoms with Crippen molar-refractivity contribution < 1.29 is 9.90 Å². The van der Waals surface area contributed by atoms with Crippen molar-refractivity contribution in [3.05, 3.63) is 0 Å². The van der Waals surface area contributed by atoms with Crippen molar-refractivity contribution in [2.45, 2.75) is 65.0 Å². The van der Waals surface area contributed by atoms with E-state index in [4.69, 9.17) is 10.8 Å². The molecule has 102 valence electrons. The van der Waals surface area contributed by atoms with E-state index in [-0.39, 0.29) is 0 Å². The predicted octanol–water partition coefficient (Wildman–Crippen LogP) is 2.08. The van der Waals surface area contributed by atoms with Crippen molar-refractivity contribution in [3.63, 3.8) is 0 Å². The van der Waals surface area contributed by atoms with Gasteiger partial charge in [0.15, 0.2) is 0 Å². The number of unbranched alkanes of at least 4 members (excludes halogenated alkanes) is 2. The highest BCUT2D eigenvalue weighted by Gasteiger charge is 2.28. The summed E-state index contributed by atoms with van der Waals surface area (Å²) in [7, 11) is 0. The van der Waals surface area contributed by atoms with Crippen LogP contribution in [0.5, 0.6) is 0 Å². The third-order valence-electron chi connectivity index (χ3n) is 3.19. The second-order valence-corrected chi connectivity index (χ2v) is 5.31. The largest absolute Gasteiger partial charge is 0.480 e.